The van der Waals surface area contributed by atoms with Crippen LogP contribution in [0.1, 0.15) is 30.9 Å². The molecule has 1 heteroatoms. The Morgan fingerprint density at radius 3 is 2.85 bits per heavy atom. The highest BCUT2D eigenvalue weighted by atomic mass is 79.9. The van der Waals surface area contributed by atoms with Gasteiger partial charge in [0.25, 0.3) is 0 Å². The van der Waals surface area contributed by atoms with Crippen molar-refractivity contribution >= 4 is 22.0 Å². The smallest absolute Gasteiger partial charge is 0.0213 e. The van der Waals surface area contributed by atoms with E-state index < -0.39 is 0 Å². The molecule has 1 aromatic carbocycles. The molecule has 0 spiro atoms. The quantitative estimate of drug-likeness (QED) is 0.728. The largest absolute Gasteiger partial charge is 0.0985 e. The van der Waals surface area contributed by atoms with Crippen LogP contribution in [0.3, 0.4) is 0 Å². The van der Waals surface area contributed by atoms with Crippen molar-refractivity contribution in [3.05, 3.63) is 40.4 Å². The summed E-state index contributed by atoms with van der Waals surface area (Å²) in [5.41, 5.74) is 2.64. The van der Waals surface area contributed by atoms with E-state index in [0.717, 1.165) is 6.42 Å². The number of benzene rings is 1. The fraction of sp³-hybridized carbons (Fsp3) is 0.333. The standard InChI is InChI=1S/C12H15Br/c1-3-5-8-11-10(4-2)7-6-9-12(11)13/h4,6-7,9H,2-3,5,8H2,1H3. The molecule has 1 rings (SSSR count). The number of rotatable bonds is 4. The van der Waals surface area contributed by atoms with Gasteiger partial charge in [0.2, 0.25) is 0 Å². The minimum Gasteiger partial charge on any atom is -0.0985 e. The summed E-state index contributed by atoms with van der Waals surface area (Å²) in [5, 5.41) is 0. The summed E-state index contributed by atoms with van der Waals surface area (Å²) in [5.74, 6) is 0. The number of halogens is 1. The van der Waals surface area contributed by atoms with Crippen molar-refractivity contribution in [1.82, 2.24) is 0 Å². The Labute approximate surface area is 88.8 Å². The number of unbranched alkanes of at least 4 members (excludes halogenated alkanes) is 1. The Kier molecular flexibility index (Phi) is 4.23. The van der Waals surface area contributed by atoms with E-state index in [9.17, 15) is 0 Å². The zero-order chi connectivity index (χ0) is 9.68. The van der Waals surface area contributed by atoms with Gasteiger partial charge < -0.3 is 0 Å². The fourth-order valence-corrected chi connectivity index (χ4v) is 1.96. The van der Waals surface area contributed by atoms with Crippen LogP contribution in [0.4, 0.5) is 0 Å². The molecule has 0 fully saturated rings. The Hall–Kier alpha value is -0.560. The average molecular weight is 239 g/mol. The first-order chi connectivity index (χ1) is 6.29. The summed E-state index contributed by atoms with van der Waals surface area (Å²) in [6.45, 7) is 6.03. The second kappa shape index (κ2) is 5.23. The monoisotopic (exact) mass is 238 g/mol. The summed E-state index contributed by atoms with van der Waals surface area (Å²) in [7, 11) is 0. The Balaban J connectivity index is 2.93. The zero-order valence-corrected chi connectivity index (χ0v) is 9.60. The van der Waals surface area contributed by atoms with Crippen LogP contribution in [-0.2, 0) is 6.42 Å². The van der Waals surface area contributed by atoms with Crippen LogP contribution >= 0.6 is 15.9 Å². The van der Waals surface area contributed by atoms with Crippen LogP contribution in [-0.4, -0.2) is 0 Å². The predicted molar refractivity (Wildman–Crippen MR) is 62.8 cm³/mol. The van der Waals surface area contributed by atoms with E-state index in [1.807, 2.05) is 6.08 Å². The molecule has 0 bridgehead atoms. The van der Waals surface area contributed by atoms with Crippen LogP contribution < -0.4 is 0 Å². The second-order valence-electron chi connectivity index (χ2n) is 3.12. The minimum absolute atomic E-state index is 1.14. The first-order valence-corrected chi connectivity index (χ1v) is 5.48. The van der Waals surface area contributed by atoms with Gasteiger partial charge in [0, 0.05) is 4.47 Å². The SMILES string of the molecule is C=Cc1cccc(Br)c1CCCC. The lowest BCUT2D eigenvalue weighted by Gasteiger charge is -2.07. The average Bonchev–Trinajstić information content (AvgIpc) is 2.15. The molecule has 0 atom stereocenters. The molecule has 0 saturated heterocycles. The van der Waals surface area contributed by atoms with Crippen LogP contribution in [0, 0.1) is 0 Å². The molecule has 0 radical (unpaired) electrons. The topological polar surface area (TPSA) is 0 Å². The Morgan fingerprint density at radius 1 is 1.46 bits per heavy atom. The van der Waals surface area contributed by atoms with Gasteiger partial charge in [-0.15, -0.1) is 0 Å². The van der Waals surface area contributed by atoms with Crippen molar-refractivity contribution in [2.45, 2.75) is 26.2 Å². The summed E-state index contributed by atoms with van der Waals surface area (Å²) < 4.78 is 1.21. The fourth-order valence-electron chi connectivity index (χ4n) is 1.38. The molecule has 1 aromatic rings. The molecule has 0 aliphatic heterocycles. The molecule has 0 aliphatic carbocycles. The van der Waals surface area contributed by atoms with Crippen molar-refractivity contribution < 1.29 is 0 Å². The van der Waals surface area contributed by atoms with Crippen molar-refractivity contribution in [3.8, 4) is 0 Å². The van der Waals surface area contributed by atoms with E-state index in [4.69, 9.17) is 0 Å². The first kappa shape index (κ1) is 10.5. The zero-order valence-electron chi connectivity index (χ0n) is 8.02. The van der Waals surface area contributed by atoms with Crippen molar-refractivity contribution in [1.29, 1.82) is 0 Å². The second-order valence-corrected chi connectivity index (χ2v) is 3.97. The van der Waals surface area contributed by atoms with Crippen molar-refractivity contribution in [3.63, 3.8) is 0 Å². The van der Waals surface area contributed by atoms with E-state index in [-0.39, 0.29) is 0 Å². The molecule has 0 unspecified atom stereocenters. The van der Waals surface area contributed by atoms with Crippen molar-refractivity contribution in [2.75, 3.05) is 0 Å². The van der Waals surface area contributed by atoms with Gasteiger partial charge in [-0.1, -0.05) is 54.1 Å². The van der Waals surface area contributed by atoms with E-state index >= 15 is 0 Å². The molecule has 0 nitrogen and oxygen atoms in total. The highest BCUT2D eigenvalue weighted by Gasteiger charge is 2.02. The van der Waals surface area contributed by atoms with Gasteiger partial charge in [-0.05, 0) is 30.0 Å². The minimum atomic E-state index is 1.14. The maximum Gasteiger partial charge on any atom is 0.0213 e. The third-order valence-corrected chi connectivity index (χ3v) is 2.90. The lowest BCUT2D eigenvalue weighted by atomic mass is 10.0. The van der Waals surface area contributed by atoms with E-state index in [2.05, 4.69) is 47.6 Å². The first-order valence-electron chi connectivity index (χ1n) is 4.69. The van der Waals surface area contributed by atoms with Gasteiger partial charge in [0.15, 0.2) is 0 Å². The van der Waals surface area contributed by atoms with Gasteiger partial charge >= 0.3 is 0 Å². The molecule has 70 valence electrons. The van der Waals surface area contributed by atoms with Gasteiger partial charge in [-0.25, -0.2) is 0 Å². The normalized spacial score (nSPS) is 10.0. The Bertz CT molecular complexity index is 289. The van der Waals surface area contributed by atoms with Gasteiger partial charge in [0.05, 0.1) is 0 Å². The molecule has 0 aliphatic rings. The lowest BCUT2D eigenvalue weighted by Crippen LogP contribution is -1.90. The highest BCUT2D eigenvalue weighted by Crippen LogP contribution is 2.23. The molecule has 0 saturated carbocycles. The van der Waals surface area contributed by atoms with E-state index in [1.165, 1.54) is 28.4 Å². The molecule has 0 aromatic heterocycles. The van der Waals surface area contributed by atoms with Crippen LogP contribution in [0.2, 0.25) is 0 Å². The van der Waals surface area contributed by atoms with E-state index in [0.29, 0.717) is 0 Å². The molecule has 0 N–H and O–H groups in total. The number of hydrogen-bond acceptors (Lipinski definition) is 0. The summed E-state index contributed by atoms with van der Waals surface area (Å²) >= 11 is 3.57. The molecule has 0 amide bonds. The van der Waals surface area contributed by atoms with Crippen LogP contribution in [0.25, 0.3) is 6.08 Å². The predicted octanol–water partition coefficient (Wildman–Crippen LogP) is 4.43. The summed E-state index contributed by atoms with van der Waals surface area (Å²) in [6.07, 6.45) is 5.54. The molecular weight excluding hydrogens is 224 g/mol. The van der Waals surface area contributed by atoms with Gasteiger partial charge in [0.1, 0.15) is 0 Å². The highest BCUT2D eigenvalue weighted by molar-refractivity contribution is 9.10. The number of hydrogen-bond donors (Lipinski definition) is 0. The molecule has 0 heterocycles. The maximum atomic E-state index is 3.82. The third-order valence-electron chi connectivity index (χ3n) is 2.16. The lowest BCUT2D eigenvalue weighted by molar-refractivity contribution is 0.792. The third kappa shape index (κ3) is 2.70. The van der Waals surface area contributed by atoms with Crippen molar-refractivity contribution in [2.24, 2.45) is 0 Å². The summed E-state index contributed by atoms with van der Waals surface area (Å²) in [6, 6.07) is 6.26. The Morgan fingerprint density at radius 2 is 2.23 bits per heavy atom. The summed E-state index contributed by atoms with van der Waals surface area (Å²) in [4.78, 5) is 0. The van der Waals surface area contributed by atoms with E-state index in [1.54, 1.807) is 0 Å². The maximum absolute atomic E-state index is 3.82. The van der Waals surface area contributed by atoms with Crippen LogP contribution in [0.15, 0.2) is 29.3 Å². The molecule has 13 heavy (non-hydrogen) atoms. The van der Waals surface area contributed by atoms with Gasteiger partial charge in [-0.2, -0.15) is 0 Å². The van der Waals surface area contributed by atoms with Crippen LogP contribution in [0.5, 0.6) is 0 Å². The molecular formula is C12H15Br. The van der Waals surface area contributed by atoms with Gasteiger partial charge in [-0.3, -0.25) is 0 Å².